The van der Waals surface area contributed by atoms with Gasteiger partial charge in [-0.1, -0.05) is 0 Å². The smallest absolute Gasteiger partial charge is 0.237 e. The number of hydrogen-bond donors (Lipinski definition) is 2. The van der Waals surface area contributed by atoms with Gasteiger partial charge in [-0.2, -0.15) is 0 Å². The third-order valence-corrected chi connectivity index (χ3v) is 2.49. The van der Waals surface area contributed by atoms with Crippen molar-refractivity contribution in [3.05, 3.63) is 35.4 Å². The van der Waals surface area contributed by atoms with E-state index in [4.69, 9.17) is 0 Å². The fraction of sp³-hybridized carbons (Fsp3) is 0.364. The molecule has 1 saturated heterocycles. The van der Waals surface area contributed by atoms with Crippen LogP contribution >= 0.6 is 0 Å². The summed E-state index contributed by atoms with van der Waals surface area (Å²) in [7, 11) is 0. The Labute approximate surface area is 91.8 Å². The van der Waals surface area contributed by atoms with Gasteiger partial charge in [-0.15, -0.1) is 0 Å². The number of piperazine rings is 1. The molecule has 1 aliphatic heterocycles. The van der Waals surface area contributed by atoms with Crippen molar-refractivity contribution in [1.29, 1.82) is 0 Å². The minimum atomic E-state index is -0.619. The molecule has 0 saturated carbocycles. The summed E-state index contributed by atoms with van der Waals surface area (Å²) in [6.45, 7) is 1.26. The normalized spacial score (nSPS) is 20.6. The highest BCUT2D eigenvalue weighted by Gasteiger charge is 2.21. The predicted molar refractivity (Wildman–Crippen MR) is 54.9 cm³/mol. The maximum absolute atomic E-state index is 12.9. The van der Waals surface area contributed by atoms with Gasteiger partial charge in [-0.25, -0.2) is 8.78 Å². The Morgan fingerprint density at radius 1 is 1.19 bits per heavy atom. The van der Waals surface area contributed by atoms with Crippen LogP contribution in [-0.2, 0) is 11.2 Å². The van der Waals surface area contributed by atoms with Gasteiger partial charge in [0.1, 0.15) is 11.6 Å². The van der Waals surface area contributed by atoms with E-state index in [0.29, 0.717) is 25.1 Å². The molecule has 5 heteroatoms. The molecule has 1 fully saturated rings. The van der Waals surface area contributed by atoms with E-state index in [1.54, 1.807) is 0 Å². The number of amides is 1. The van der Waals surface area contributed by atoms with E-state index in [2.05, 4.69) is 10.6 Å². The second kappa shape index (κ2) is 4.57. The van der Waals surface area contributed by atoms with E-state index < -0.39 is 17.7 Å². The van der Waals surface area contributed by atoms with Crippen molar-refractivity contribution in [3.8, 4) is 0 Å². The molecule has 1 unspecified atom stereocenters. The summed E-state index contributed by atoms with van der Waals surface area (Å²) >= 11 is 0. The third-order valence-electron chi connectivity index (χ3n) is 2.49. The quantitative estimate of drug-likeness (QED) is 0.775. The first kappa shape index (κ1) is 11.0. The Balaban J connectivity index is 2.10. The van der Waals surface area contributed by atoms with Gasteiger partial charge in [0.25, 0.3) is 0 Å². The molecule has 0 radical (unpaired) electrons. The average Bonchev–Trinajstić information content (AvgIpc) is 2.20. The van der Waals surface area contributed by atoms with Gasteiger partial charge in [-0.05, 0) is 24.1 Å². The van der Waals surface area contributed by atoms with E-state index in [9.17, 15) is 13.6 Å². The zero-order valence-corrected chi connectivity index (χ0v) is 8.59. The summed E-state index contributed by atoms with van der Waals surface area (Å²) < 4.78 is 25.8. The summed E-state index contributed by atoms with van der Waals surface area (Å²) in [6, 6.07) is 2.90. The molecule has 0 spiro atoms. The van der Waals surface area contributed by atoms with E-state index in [-0.39, 0.29) is 5.91 Å². The molecular weight excluding hydrogens is 214 g/mol. The highest BCUT2D eigenvalue weighted by atomic mass is 19.1. The average molecular weight is 226 g/mol. The van der Waals surface area contributed by atoms with E-state index in [1.807, 2.05) is 0 Å². The van der Waals surface area contributed by atoms with Crippen LogP contribution in [0.1, 0.15) is 5.56 Å². The van der Waals surface area contributed by atoms with Gasteiger partial charge in [0, 0.05) is 19.2 Å². The van der Waals surface area contributed by atoms with Crippen molar-refractivity contribution < 1.29 is 13.6 Å². The number of carbonyl (C=O) groups excluding carboxylic acids is 1. The second-order valence-electron chi connectivity index (χ2n) is 3.78. The standard InChI is InChI=1S/C11H12F2N2O/c12-8-3-7(4-9(13)6-8)5-10-11(16)15-2-1-14-10/h3-4,6,10,14H,1-2,5H2,(H,15,16). The Morgan fingerprint density at radius 2 is 1.88 bits per heavy atom. The molecular formula is C11H12F2N2O. The molecule has 3 nitrogen and oxygen atoms in total. The molecule has 0 aliphatic carbocycles. The number of hydrogen-bond acceptors (Lipinski definition) is 2. The van der Waals surface area contributed by atoms with Crippen molar-refractivity contribution in [3.63, 3.8) is 0 Å². The lowest BCUT2D eigenvalue weighted by molar-refractivity contribution is -0.124. The minimum absolute atomic E-state index is 0.129. The summed E-state index contributed by atoms with van der Waals surface area (Å²) in [5, 5.41) is 5.69. The molecule has 1 heterocycles. The molecule has 2 N–H and O–H groups in total. The lowest BCUT2D eigenvalue weighted by Gasteiger charge is -2.23. The van der Waals surface area contributed by atoms with Crippen LogP contribution in [0.25, 0.3) is 0 Å². The van der Waals surface area contributed by atoms with E-state index in [1.165, 1.54) is 12.1 Å². The van der Waals surface area contributed by atoms with Crippen LogP contribution in [0.2, 0.25) is 0 Å². The summed E-state index contributed by atoms with van der Waals surface area (Å²) in [4.78, 5) is 11.4. The van der Waals surface area contributed by atoms with Crippen molar-refractivity contribution in [2.24, 2.45) is 0 Å². The van der Waals surface area contributed by atoms with Crippen LogP contribution in [0.15, 0.2) is 18.2 Å². The Morgan fingerprint density at radius 3 is 2.50 bits per heavy atom. The third kappa shape index (κ3) is 2.55. The summed E-state index contributed by atoms with van der Waals surface area (Å²) in [6.07, 6.45) is 0.292. The van der Waals surface area contributed by atoms with Crippen LogP contribution in [0.5, 0.6) is 0 Å². The fourth-order valence-electron chi connectivity index (χ4n) is 1.78. The molecule has 2 rings (SSSR count). The van der Waals surface area contributed by atoms with Crippen molar-refractivity contribution in [2.75, 3.05) is 13.1 Å². The predicted octanol–water partition coefficient (Wildman–Crippen LogP) is 0.595. The maximum Gasteiger partial charge on any atom is 0.237 e. The maximum atomic E-state index is 12.9. The SMILES string of the molecule is O=C1NCCNC1Cc1cc(F)cc(F)c1. The largest absolute Gasteiger partial charge is 0.353 e. The molecule has 1 aliphatic rings. The zero-order chi connectivity index (χ0) is 11.5. The fourth-order valence-corrected chi connectivity index (χ4v) is 1.78. The molecule has 0 aromatic heterocycles. The van der Waals surface area contributed by atoms with E-state index >= 15 is 0 Å². The number of benzene rings is 1. The Kier molecular flexibility index (Phi) is 3.14. The van der Waals surface area contributed by atoms with Crippen LogP contribution < -0.4 is 10.6 Å². The van der Waals surface area contributed by atoms with Gasteiger partial charge >= 0.3 is 0 Å². The lowest BCUT2D eigenvalue weighted by atomic mass is 10.0. The molecule has 1 aromatic carbocycles. The first-order valence-electron chi connectivity index (χ1n) is 5.11. The molecule has 0 bridgehead atoms. The Bertz CT molecular complexity index is 389. The summed E-state index contributed by atoms with van der Waals surface area (Å²) in [5.41, 5.74) is 0.479. The van der Waals surface area contributed by atoms with Gasteiger partial charge in [-0.3, -0.25) is 4.79 Å². The molecule has 86 valence electrons. The monoisotopic (exact) mass is 226 g/mol. The van der Waals surface area contributed by atoms with Gasteiger partial charge in [0.2, 0.25) is 5.91 Å². The van der Waals surface area contributed by atoms with Crippen LogP contribution in [0.3, 0.4) is 0 Å². The molecule has 1 amide bonds. The number of carbonyl (C=O) groups is 1. The van der Waals surface area contributed by atoms with E-state index in [0.717, 1.165) is 6.07 Å². The lowest BCUT2D eigenvalue weighted by Crippen LogP contribution is -2.53. The van der Waals surface area contributed by atoms with Crippen molar-refractivity contribution in [2.45, 2.75) is 12.5 Å². The zero-order valence-electron chi connectivity index (χ0n) is 8.59. The first-order chi connectivity index (χ1) is 7.65. The second-order valence-corrected chi connectivity index (χ2v) is 3.78. The highest BCUT2D eigenvalue weighted by Crippen LogP contribution is 2.10. The molecule has 1 atom stereocenters. The van der Waals surface area contributed by atoms with Crippen molar-refractivity contribution in [1.82, 2.24) is 10.6 Å². The van der Waals surface area contributed by atoms with Gasteiger partial charge in [0.15, 0.2) is 0 Å². The number of nitrogens with one attached hydrogen (secondary N) is 2. The van der Waals surface area contributed by atoms with Crippen LogP contribution in [-0.4, -0.2) is 25.0 Å². The molecule has 1 aromatic rings. The number of rotatable bonds is 2. The van der Waals surface area contributed by atoms with Gasteiger partial charge in [0.05, 0.1) is 6.04 Å². The highest BCUT2D eigenvalue weighted by molar-refractivity contribution is 5.82. The summed E-state index contributed by atoms with van der Waals surface area (Å²) in [5.74, 6) is -1.37. The van der Waals surface area contributed by atoms with Crippen molar-refractivity contribution >= 4 is 5.91 Å². The van der Waals surface area contributed by atoms with Gasteiger partial charge < -0.3 is 10.6 Å². The first-order valence-corrected chi connectivity index (χ1v) is 5.11. The topological polar surface area (TPSA) is 41.1 Å². The minimum Gasteiger partial charge on any atom is -0.353 e. The van der Waals surface area contributed by atoms with Crippen LogP contribution in [0.4, 0.5) is 8.78 Å². The molecule has 16 heavy (non-hydrogen) atoms. The Hall–Kier alpha value is -1.49. The van der Waals surface area contributed by atoms with Crippen LogP contribution in [0, 0.1) is 11.6 Å². The number of halogens is 2.